The zero-order valence-electron chi connectivity index (χ0n) is 9.97. The molecule has 18 heavy (non-hydrogen) atoms. The summed E-state index contributed by atoms with van der Waals surface area (Å²) in [6.45, 7) is 1.57. The maximum Gasteiger partial charge on any atom is 0.180 e. The van der Waals surface area contributed by atoms with Gasteiger partial charge in [0.25, 0.3) is 0 Å². The van der Waals surface area contributed by atoms with Crippen LogP contribution in [0.5, 0.6) is 0 Å². The fraction of sp³-hybridized carbons (Fsp3) is 0.250. The van der Waals surface area contributed by atoms with Crippen molar-refractivity contribution >= 4 is 28.9 Å². The molecule has 98 valence electrons. The highest BCUT2D eigenvalue weighted by molar-refractivity contribution is 7.15. The maximum atomic E-state index is 12.7. The van der Waals surface area contributed by atoms with Gasteiger partial charge in [0.15, 0.2) is 5.13 Å². The number of hydrogen-bond donors (Lipinski definition) is 1. The summed E-state index contributed by atoms with van der Waals surface area (Å²) in [4.78, 5) is 7.28. The van der Waals surface area contributed by atoms with Crippen molar-refractivity contribution in [3.63, 3.8) is 0 Å². The van der Waals surface area contributed by atoms with E-state index >= 15 is 0 Å². The number of anilines is 1. The van der Waals surface area contributed by atoms with E-state index in [1.165, 1.54) is 23.5 Å². The zero-order chi connectivity index (χ0) is 12.3. The first kappa shape index (κ1) is 14.9. The Morgan fingerprint density at radius 1 is 1.28 bits per heavy atom. The lowest BCUT2D eigenvalue weighted by Gasteiger charge is -2.15. The number of rotatable bonds is 4. The minimum atomic E-state index is -0.202. The van der Waals surface area contributed by atoms with Crippen molar-refractivity contribution < 1.29 is 4.39 Å². The van der Waals surface area contributed by atoms with E-state index in [0.29, 0.717) is 5.13 Å². The van der Waals surface area contributed by atoms with Gasteiger partial charge in [0, 0.05) is 24.2 Å². The van der Waals surface area contributed by atoms with Crippen LogP contribution >= 0.6 is 23.7 Å². The van der Waals surface area contributed by atoms with Gasteiger partial charge in [-0.25, -0.2) is 9.37 Å². The Morgan fingerprint density at radius 3 is 2.50 bits per heavy atom. The van der Waals surface area contributed by atoms with Crippen LogP contribution in [0.2, 0.25) is 0 Å². The third kappa shape index (κ3) is 4.25. The fourth-order valence-electron chi connectivity index (χ4n) is 1.62. The second kappa shape index (κ2) is 6.68. The predicted molar refractivity (Wildman–Crippen MR) is 75.3 cm³/mol. The number of benzene rings is 1. The van der Waals surface area contributed by atoms with Crippen LogP contribution in [0.1, 0.15) is 10.4 Å². The summed E-state index contributed by atoms with van der Waals surface area (Å²) in [7, 11) is 2.01. The van der Waals surface area contributed by atoms with Crippen LogP contribution in [-0.4, -0.2) is 16.9 Å². The molecular weight excluding hydrogens is 273 g/mol. The summed E-state index contributed by atoms with van der Waals surface area (Å²) in [5.74, 6) is -0.202. The molecule has 0 aliphatic carbocycles. The monoisotopic (exact) mass is 287 g/mol. The van der Waals surface area contributed by atoms with Crippen LogP contribution in [0, 0.1) is 5.82 Å². The Hall–Kier alpha value is -1.17. The first-order valence-corrected chi connectivity index (χ1v) is 6.08. The molecule has 2 aromatic rings. The highest BCUT2D eigenvalue weighted by Crippen LogP contribution is 2.17. The Balaban J connectivity index is 0.00000162. The van der Waals surface area contributed by atoms with Gasteiger partial charge in [0.1, 0.15) is 5.82 Å². The van der Waals surface area contributed by atoms with Gasteiger partial charge in [0.05, 0.1) is 0 Å². The van der Waals surface area contributed by atoms with E-state index in [1.807, 2.05) is 7.05 Å². The molecule has 1 aromatic heterocycles. The molecule has 0 fully saturated rings. The Bertz CT molecular complexity index is 486. The largest absolute Gasteiger partial charge is 0.375 e. The molecule has 0 aliphatic rings. The van der Waals surface area contributed by atoms with Crippen molar-refractivity contribution in [3.8, 4) is 0 Å². The molecule has 0 saturated carbocycles. The number of nitrogen functional groups attached to an aromatic ring is 1. The van der Waals surface area contributed by atoms with Gasteiger partial charge >= 0.3 is 0 Å². The molecule has 2 N–H and O–H groups in total. The maximum absolute atomic E-state index is 12.7. The zero-order valence-corrected chi connectivity index (χ0v) is 11.6. The van der Waals surface area contributed by atoms with Gasteiger partial charge in [-0.2, -0.15) is 0 Å². The van der Waals surface area contributed by atoms with Gasteiger partial charge in [-0.05, 0) is 24.7 Å². The lowest BCUT2D eigenvalue weighted by atomic mass is 10.2. The molecule has 0 radical (unpaired) electrons. The Labute approximate surface area is 116 Å². The number of thiazole rings is 1. The molecule has 1 aromatic carbocycles. The quantitative estimate of drug-likeness (QED) is 0.940. The average Bonchev–Trinajstić information content (AvgIpc) is 2.67. The molecule has 0 saturated heterocycles. The van der Waals surface area contributed by atoms with E-state index in [4.69, 9.17) is 5.73 Å². The smallest absolute Gasteiger partial charge is 0.180 e. The lowest BCUT2D eigenvalue weighted by molar-refractivity contribution is 0.321. The molecule has 0 spiro atoms. The standard InChI is InChI=1S/C12H14FN3S.ClH/c1-16(8-11-6-15-12(14)17-11)7-9-2-4-10(13)5-3-9;/h2-6H,7-8H2,1H3,(H2,14,15);1H. The second-order valence-electron chi connectivity index (χ2n) is 3.96. The first-order chi connectivity index (χ1) is 8.13. The fourth-order valence-corrected chi connectivity index (χ4v) is 2.38. The number of halogens is 2. The molecule has 0 atom stereocenters. The van der Waals surface area contributed by atoms with Crippen molar-refractivity contribution in [2.45, 2.75) is 13.1 Å². The summed E-state index contributed by atoms with van der Waals surface area (Å²) in [5.41, 5.74) is 6.66. The SMILES string of the molecule is CN(Cc1ccc(F)cc1)Cc1cnc(N)s1.Cl. The highest BCUT2D eigenvalue weighted by Gasteiger charge is 2.04. The van der Waals surface area contributed by atoms with Gasteiger partial charge in [0.2, 0.25) is 0 Å². The Morgan fingerprint density at radius 2 is 1.94 bits per heavy atom. The molecular formula is C12H15ClFN3S. The summed E-state index contributed by atoms with van der Waals surface area (Å²) in [5, 5.41) is 0.593. The van der Waals surface area contributed by atoms with Gasteiger partial charge in [-0.15, -0.1) is 23.7 Å². The third-order valence-electron chi connectivity index (χ3n) is 2.36. The van der Waals surface area contributed by atoms with Crippen molar-refractivity contribution in [3.05, 3.63) is 46.7 Å². The Kier molecular flexibility index (Phi) is 5.53. The topological polar surface area (TPSA) is 42.2 Å². The highest BCUT2D eigenvalue weighted by atomic mass is 35.5. The van der Waals surface area contributed by atoms with Crippen LogP contribution in [0.15, 0.2) is 30.5 Å². The van der Waals surface area contributed by atoms with Crippen molar-refractivity contribution in [1.82, 2.24) is 9.88 Å². The minimum absolute atomic E-state index is 0. The molecule has 0 unspecified atom stereocenters. The normalized spacial score (nSPS) is 10.4. The van der Waals surface area contributed by atoms with Gasteiger partial charge in [-0.1, -0.05) is 12.1 Å². The molecule has 1 heterocycles. The van der Waals surface area contributed by atoms with Gasteiger partial charge < -0.3 is 5.73 Å². The predicted octanol–water partition coefficient (Wildman–Crippen LogP) is 2.92. The van der Waals surface area contributed by atoms with Crippen LogP contribution < -0.4 is 5.73 Å². The summed E-state index contributed by atoms with van der Waals surface area (Å²) in [6.07, 6.45) is 1.79. The van der Waals surface area contributed by atoms with E-state index < -0.39 is 0 Å². The number of hydrogen-bond acceptors (Lipinski definition) is 4. The van der Waals surface area contributed by atoms with Crippen LogP contribution in [0.3, 0.4) is 0 Å². The number of nitrogens with two attached hydrogens (primary N) is 1. The van der Waals surface area contributed by atoms with E-state index in [2.05, 4.69) is 9.88 Å². The number of aromatic nitrogens is 1. The van der Waals surface area contributed by atoms with E-state index in [-0.39, 0.29) is 18.2 Å². The van der Waals surface area contributed by atoms with E-state index in [1.54, 1.807) is 18.3 Å². The molecule has 0 aliphatic heterocycles. The van der Waals surface area contributed by atoms with Gasteiger partial charge in [-0.3, -0.25) is 4.90 Å². The second-order valence-corrected chi connectivity index (χ2v) is 5.11. The van der Waals surface area contributed by atoms with Crippen molar-refractivity contribution in [1.29, 1.82) is 0 Å². The summed E-state index contributed by atoms with van der Waals surface area (Å²) >= 11 is 1.49. The molecule has 0 bridgehead atoms. The summed E-state index contributed by atoms with van der Waals surface area (Å²) in [6, 6.07) is 6.56. The minimum Gasteiger partial charge on any atom is -0.375 e. The third-order valence-corrected chi connectivity index (χ3v) is 3.17. The summed E-state index contributed by atoms with van der Waals surface area (Å²) < 4.78 is 12.7. The molecule has 3 nitrogen and oxygen atoms in total. The van der Waals surface area contributed by atoms with Crippen molar-refractivity contribution in [2.24, 2.45) is 0 Å². The van der Waals surface area contributed by atoms with Crippen LogP contribution in [0.25, 0.3) is 0 Å². The van der Waals surface area contributed by atoms with Crippen LogP contribution in [0.4, 0.5) is 9.52 Å². The lowest BCUT2D eigenvalue weighted by Crippen LogP contribution is -2.16. The van der Waals surface area contributed by atoms with Crippen molar-refractivity contribution in [2.75, 3.05) is 12.8 Å². The molecule has 0 amide bonds. The molecule has 2 rings (SSSR count). The molecule has 6 heteroatoms. The first-order valence-electron chi connectivity index (χ1n) is 5.26. The van der Waals surface area contributed by atoms with E-state index in [9.17, 15) is 4.39 Å². The average molecular weight is 288 g/mol. The number of nitrogens with zero attached hydrogens (tertiary/aromatic N) is 2. The van der Waals surface area contributed by atoms with Crippen LogP contribution in [-0.2, 0) is 13.1 Å². The van der Waals surface area contributed by atoms with E-state index in [0.717, 1.165) is 23.5 Å².